The summed E-state index contributed by atoms with van der Waals surface area (Å²) in [5, 5.41) is 0. The largest absolute Gasteiger partial charge is 0.0891 e. The van der Waals surface area contributed by atoms with E-state index in [2.05, 4.69) is 29.8 Å². The standard InChI is InChI=1S/C11H21Br/c1-3-9(4-2)7-10-5-6-11(12)8-10/h9-11H,3-8H2,1-2H3. The minimum atomic E-state index is 0.830. The van der Waals surface area contributed by atoms with E-state index in [9.17, 15) is 0 Å². The van der Waals surface area contributed by atoms with Crippen molar-refractivity contribution >= 4 is 15.9 Å². The molecule has 72 valence electrons. The van der Waals surface area contributed by atoms with Crippen LogP contribution >= 0.6 is 15.9 Å². The Morgan fingerprint density at radius 3 is 2.33 bits per heavy atom. The molecule has 1 rings (SSSR count). The SMILES string of the molecule is CCC(CC)CC1CCC(Br)C1. The van der Waals surface area contributed by atoms with Gasteiger partial charge in [-0.1, -0.05) is 42.6 Å². The lowest BCUT2D eigenvalue weighted by atomic mass is 9.90. The molecule has 1 heteroatoms. The molecule has 0 aliphatic heterocycles. The van der Waals surface area contributed by atoms with Crippen LogP contribution in [0.3, 0.4) is 0 Å². The van der Waals surface area contributed by atoms with Crippen LogP contribution in [0, 0.1) is 11.8 Å². The first-order chi connectivity index (χ1) is 5.76. The van der Waals surface area contributed by atoms with Crippen molar-refractivity contribution in [2.24, 2.45) is 11.8 Å². The van der Waals surface area contributed by atoms with Gasteiger partial charge >= 0.3 is 0 Å². The van der Waals surface area contributed by atoms with Gasteiger partial charge in [-0.25, -0.2) is 0 Å². The van der Waals surface area contributed by atoms with Crippen molar-refractivity contribution < 1.29 is 0 Å². The van der Waals surface area contributed by atoms with Crippen LogP contribution in [0.2, 0.25) is 0 Å². The van der Waals surface area contributed by atoms with Gasteiger partial charge in [-0.05, 0) is 37.5 Å². The molecular weight excluding hydrogens is 212 g/mol. The second kappa shape index (κ2) is 5.26. The number of alkyl halides is 1. The van der Waals surface area contributed by atoms with Crippen LogP contribution in [0.4, 0.5) is 0 Å². The molecule has 0 aromatic rings. The lowest BCUT2D eigenvalue weighted by Gasteiger charge is -2.16. The minimum Gasteiger partial charge on any atom is -0.0891 e. The quantitative estimate of drug-likeness (QED) is 0.632. The number of halogens is 1. The molecule has 0 nitrogen and oxygen atoms in total. The molecule has 0 aromatic heterocycles. The molecule has 0 amide bonds. The Kier molecular flexibility index (Phi) is 4.63. The van der Waals surface area contributed by atoms with Crippen LogP contribution in [-0.2, 0) is 0 Å². The molecule has 1 aliphatic carbocycles. The van der Waals surface area contributed by atoms with Gasteiger partial charge in [0, 0.05) is 4.83 Å². The van der Waals surface area contributed by atoms with E-state index in [4.69, 9.17) is 0 Å². The molecule has 1 fully saturated rings. The summed E-state index contributed by atoms with van der Waals surface area (Å²) in [5.74, 6) is 2.02. The zero-order chi connectivity index (χ0) is 8.97. The monoisotopic (exact) mass is 232 g/mol. The zero-order valence-corrected chi connectivity index (χ0v) is 9.94. The van der Waals surface area contributed by atoms with Gasteiger partial charge < -0.3 is 0 Å². The van der Waals surface area contributed by atoms with Crippen molar-refractivity contribution in [3.05, 3.63) is 0 Å². The van der Waals surface area contributed by atoms with E-state index < -0.39 is 0 Å². The highest BCUT2D eigenvalue weighted by atomic mass is 79.9. The second-order valence-electron chi connectivity index (χ2n) is 4.19. The molecule has 12 heavy (non-hydrogen) atoms. The summed E-state index contributed by atoms with van der Waals surface area (Å²) in [4.78, 5) is 0.830. The molecule has 0 radical (unpaired) electrons. The Bertz CT molecular complexity index is 118. The smallest absolute Gasteiger partial charge is 0.0148 e. The first kappa shape index (κ1) is 10.6. The van der Waals surface area contributed by atoms with Crippen LogP contribution in [0.15, 0.2) is 0 Å². The van der Waals surface area contributed by atoms with Crippen molar-refractivity contribution in [1.82, 2.24) is 0 Å². The van der Waals surface area contributed by atoms with Crippen LogP contribution in [0.1, 0.15) is 52.4 Å². The summed E-state index contributed by atoms with van der Waals surface area (Å²) in [6, 6.07) is 0. The Morgan fingerprint density at radius 1 is 1.25 bits per heavy atom. The topological polar surface area (TPSA) is 0 Å². The van der Waals surface area contributed by atoms with Gasteiger partial charge in [0.25, 0.3) is 0 Å². The average molecular weight is 233 g/mol. The summed E-state index contributed by atoms with van der Waals surface area (Å²) in [5.41, 5.74) is 0. The summed E-state index contributed by atoms with van der Waals surface area (Å²) >= 11 is 3.71. The predicted molar refractivity (Wildman–Crippen MR) is 58.7 cm³/mol. The van der Waals surface area contributed by atoms with Gasteiger partial charge in [0.2, 0.25) is 0 Å². The molecule has 0 saturated heterocycles. The molecule has 0 spiro atoms. The number of rotatable bonds is 4. The maximum atomic E-state index is 3.71. The number of hydrogen-bond donors (Lipinski definition) is 0. The van der Waals surface area contributed by atoms with E-state index in [1.807, 2.05) is 0 Å². The fraction of sp³-hybridized carbons (Fsp3) is 1.00. The molecule has 0 N–H and O–H groups in total. The third-order valence-electron chi connectivity index (χ3n) is 3.30. The Morgan fingerprint density at radius 2 is 1.92 bits per heavy atom. The first-order valence-corrected chi connectivity index (χ1v) is 6.31. The fourth-order valence-electron chi connectivity index (χ4n) is 2.32. The van der Waals surface area contributed by atoms with Crippen molar-refractivity contribution in [3.63, 3.8) is 0 Å². The van der Waals surface area contributed by atoms with E-state index in [-0.39, 0.29) is 0 Å². The third-order valence-corrected chi connectivity index (χ3v) is 4.13. The van der Waals surface area contributed by atoms with Gasteiger partial charge in [-0.2, -0.15) is 0 Å². The maximum absolute atomic E-state index is 3.71. The predicted octanol–water partition coefficient (Wildman–Crippen LogP) is 4.38. The van der Waals surface area contributed by atoms with Gasteiger partial charge in [-0.15, -0.1) is 0 Å². The van der Waals surface area contributed by atoms with Crippen molar-refractivity contribution in [1.29, 1.82) is 0 Å². The lowest BCUT2D eigenvalue weighted by molar-refractivity contribution is 0.358. The summed E-state index contributed by atoms with van der Waals surface area (Å²) < 4.78 is 0. The molecule has 0 bridgehead atoms. The van der Waals surface area contributed by atoms with Crippen molar-refractivity contribution in [2.75, 3.05) is 0 Å². The minimum absolute atomic E-state index is 0.830. The second-order valence-corrected chi connectivity index (χ2v) is 5.49. The van der Waals surface area contributed by atoms with Crippen LogP contribution in [-0.4, -0.2) is 4.83 Å². The summed E-state index contributed by atoms with van der Waals surface area (Å²) in [6.07, 6.45) is 8.53. The third kappa shape index (κ3) is 3.08. The summed E-state index contributed by atoms with van der Waals surface area (Å²) in [6.45, 7) is 4.66. The van der Waals surface area contributed by atoms with E-state index in [1.165, 1.54) is 38.5 Å². The van der Waals surface area contributed by atoms with Gasteiger partial charge in [0.05, 0.1) is 0 Å². The molecular formula is C11H21Br. The molecule has 1 aliphatic rings. The van der Waals surface area contributed by atoms with Crippen LogP contribution in [0.25, 0.3) is 0 Å². The Balaban J connectivity index is 2.21. The molecule has 0 aromatic carbocycles. The van der Waals surface area contributed by atoms with Crippen molar-refractivity contribution in [3.8, 4) is 0 Å². The normalized spacial score (nSPS) is 30.0. The Labute approximate surface area is 85.3 Å². The summed E-state index contributed by atoms with van der Waals surface area (Å²) in [7, 11) is 0. The van der Waals surface area contributed by atoms with Crippen molar-refractivity contribution in [2.45, 2.75) is 57.2 Å². The highest BCUT2D eigenvalue weighted by Gasteiger charge is 2.23. The number of hydrogen-bond acceptors (Lipinski definition) is 0. The molecule has 0 heterocycles. The van der Waals surface area contributed by atoms with Gasteiger partial charge in [-0.3, -0.25) is 0 Å². The maximum Gasteiger partial charge on any atom is 0.0148 e. The van der Waals surface area contributed by atoms with Crippen LogP contribution < -0.4 is 0 Å². The van der Waals surface area contributed by atoms with Crippen LogP contribution in [0.5, 0.6) is 0 Å². The molecule has 2 atom stereocenters. The zero-order valence-electron chi connectivity index (χ0n) is 8.35. The van der Waals surface area contributed by atoms with Gasteiger partial charge in [0.15, 0.2) is 0 Å². The fourth-order valence-corrected chi connectivity index (χ4v) is 3.11. The lowest BCUT2D eigenvalue weighted by Crippen LogP contribution is -2.05. The Hall–Kier alpha value is 0.480. The van der Waals surface area contributed by atoms with E-state index >= 15 is 0 Å². The molecule has 1 saturated carbocycles. The highest BCUT2D eigenvalue weighted by molar-refractivity contribution is 9.09. The van der Waals surface area contributed by atoms with E-state index in [1.54, 1.807) is 0 Å². The average Bonchev–Trinajstić information content (AvgIpc) is 2.47. The van der Waals surface area contributed by atoms with Gasteiger partial charge in [0.1, 0.15) is 0 Å². The first-order valence-electron chi connectivity index (χ1n) is 5.40. The molecule has 2 unspecified atom stereocenters. The van der Waals surface area contributed by atoms with E-state index in [0.717, 1.165) is 16.7 Å². The van der Waals surface area contributed by atoms with E-state index in [0.29, 0.717) is 0 Å². The highest BCUT2D eigenvalue weighted by Crippen LogP contribution is 2.35.